The maximum absolute atomic E-state index is 12.6. The van der Waals surface area contributed by atoms with Crippen LogP contribution < -0.4 is 24.8 Å². The van der Waals surface area contributed by atoms with Crippen molar-refractivity contribution in [3.8, 4) is 17.2 Å². The van der Waals surface area contributed by atoms with Crippen LogP contribution in [0, 0.1) is 0 Å². The minimum absolute atomic E-state index is 0.111. The molecule has 29 heavy (non-hydrogen) atoms. The van der Waals surface area contributed by atoms with Crippen molar-refractivity contribution >= 4 is 17.9 Å². The van der Waals surface area contributed by atoms with Crippen molar-refractivity contribution in [2.75, 3.05) is 27.4 Å². The van der Waals surface area contributed by atoms with Crippen molar-refractivity contribution in [2.24, 2.45) is 0 Å². The minimum Gasteiger partial charge on any atom is -0.497 e. The predicted molar refractivity (Wildman–Crippen MR) is 111 cm³/mol. The highest BCUT2D eigenvalue weighted by atomic mass is 16.5. The lowest BCUT2D eigenvalue weighted by Crippen LogP contribution is -2.33. The summed E-state index contributed by atoms with van der Waals surface area (Å²) in [5.41, 5.74) is 1.20. The van der Waals surface area contributed by atoms with E-state index >= 15 is 0 Å². The lowest BCUT2D eigenvalue weighted by atomic mass is 10.1. The Morgan fingerprint density at radius 3 is 2.21 bits per heavy atom. The first-order chi connectivity index (χ1) is 14.0. The Hall–Kier alpha value is -3.48. The molecule has 0 saturated heterocycles. The third-order valence-electron chi connectivity index (χ3n) is 3.95. The average molecular weight is 398 g/mol. The van der Waals surface area contributed by atoms with Crippen LogP contribution in [0.2, 0.25) is 0 Å². The van der Waals surface area contributed by atoms with Crippen molar-refractivity contribution in [3.05, 3.63) is 59.3 Å². The van der Waals surface area contributed by atoms with Gasteiger partial charge >= 0.3 is 0 Å². The van der Waals surface area contributed by atoms with Crippen LogP contribution in [-0.4, -0.2) is 39.2 Å². The van der Waals surface area contributed by atoms with Crippen LogP contribution in [0.15, 0.2) is 48.2 Å². The molecule has 0 saturated carbocycles. The van der Waals surface area contributed by atoms with Gasteiger partial charge in [0.25, 0.3) is 11.8 Å². The summed E-state index contributed by atoms with van der Waals surface area (Å²) in [6.07, 6.45) is 1.58. The smallest absolute Gasteiger partial charge is 0.267 e. The standard InChI is InChI=1S/C22H26N2O5/c1-5-28-19-12-7-15(14-20(19)29-6-2)13-18(22(26)23-3)24-21(25)16-8-10-17(27-4)11-9-16/h7-14H,5-6H2,1-4H3,(H,23,26)(H,24,25)/b18-13+. The summed E-state index contributed by atoms with van der Waals surface area (Å²) < 4.78 is 16.3. The first kappa shape index (κ1) is 21.8. The highest BCUT2D eigenvalue weighted by Crippen LogP contribution is 2.29. The van der Waals surface area contributed by atoms with E-state index in [-0.39, 0.29) is 5.70 Å². The van der Waals surface area contributed by atoms with Crippen molar-refractivity contribution in [2.45, 2.75) is 13.8 Å². The van der Waals surface area contributed by atoms with Crippen molar-refractivity contribution in [1.82, 2.24) is 10.6 Å². The number of likely N-dealkylation sites (N-methyl/N-ethyl adjacent to an activating group) is 1. The zero-order valence-corrected chi connectivity index (χ0v) is 17.1. The number of methoxy groups -OCH3 is 1. The summed E-state index contributed by atoms with van der Waals surface area (Å²) in [5.74, 6) is 1.01. The second-order valence-corrected chi connectivity index (χ2v) is 5.89. The van der Waals surface area contributed by atoms with E-state index in [9.17, 15) is 9.59 Å². The molecular weight excluding hydrogens is 372 g/mol. The highest BCUT2D eigenvalue weighted by Gasteiger charge is 2.14. The number of amides is 2. The summed E-state index contributed by atoms with van der Waals surface area (Å²) in [4.78, 5) is 24.9. The van der Waals surface area contributed by atoms with E-state index in [1.165, 1.54) is 7.05 Å². The highest BCUT2D eigenvalue weighted by molar-refractivity contribution is 6.05. The normalized spacial score (nSPS) is 10.8. The molecule has 2 rings (SSSR count). The Kier molecular flexibility index (Phi) is 8.09. The van der Waals surface area contributed by atoms with E-state index in [1.807, 2.05) is 13.8 Å². The molecule has 0 spiro atoms. The first-order valence-corrected chi connectivity index (χ1v) is 9.31. The fourth-order valence-electron chi connectivity index (χ4n) is 2.55. The molecule has 7 heteroatoms. The van der Waals surface area contributed by atoms with Crippen molar-refractivity contribution in [3.63, 3.8) is 0 Å². The average Bonchev–Trinajstić information content (AvgIpc) is 2.74. The van der Waals surface area contributed by atoms with Crippen molar-refractivity contribution < 1.29 is 23.8 Å². The molecule has 0 atom stereocenters. The topological polar surface area (TPSA) is 85.9 Å². The van der Waals surface area contributed by atoms with Gasteiger partial charge in [0.15, 0.2) is 11.5 Å². The van der Waals surface area contributed by atoms with E-state index in [2.05, 4.69) is 10.6 Å². The molecule has 0 fully saturated rings. The Balaban J connectivity index is 2.31. The van der Waals surface area contributed by atoms with E-state index in [4.69, 9.17) is 14.2 Å². The van der Waals surface area contributed by atoms with Gasteiger partial charge in [-0.15, -0.1) is 0 Å². The number of nitrogens with one attached hydrogen (secondary N) is 2. The molecule has 154 valence electrons. The van der Waals surface area contributed by atoms with E-state index in [0.29, 0.717) is 41.6 Å². The fraction of sp³-hybridized carbons (Fsp3) is 0.273. The zero-order valence-electron chi connectivity index (χ0n) is 17.1. The van der Waals surface area contributed by atoms with Crippen LogP contribution in [0.4, 0.5) is 0 Å². The number of hydrogen-bond acceptors (Lipinski definition) is 5. The van der Waals surface area contributed by atoms with Gasteiger partial charge in [-0.05, 0) is 61.9 Å². The molecule has 2 aromatic rings. The molecule has 0 aromatic heterocycles. The predicted octanol–water partition coefficient (Wildman–Crippen LogP) is 3.01. The van der Waals surface area contributed by atoms with Crippen LogP contribution in [0.3, 0.4) is 0 Å². The third kappa shape index (κ3) is 6.00. The van der Waals surface area contributed by atoms with E-state index < -0.39 is 11.8 Å². The number of hydrogen-bond donors (Lipinski definition) is 2. The van der Waals surface area contributed by atoms with E-state index in [0.717, 1.165) is 0 Å². The SMILES string of the molecule is CCOc1ccc(/C=C(/NC(=O)c2ccc(OC)cc2)C(=O)NC)cc1OCC. The molecule has 0 aliphatic rings. The van der Waals surface area contributed by atoms with Crippen LogP contribution in [0.5, 0.6) is 17.2 Å². The summed E-state index contributed by atoms with van der Waals surface area (Å²) in [5, 5.41) is 5.19. The van der Waals surface area contributed by atoms with Gasteiger partial charge in [-0.3, -0.25) is 9.59 Å². The molecule has 0 aliphatic heterocycles. The minimum atomic E-state index is -0.418. The number of ether oxygens (including phenoxy) is 3. The Bertz CT molecular complexity index is 875. The van der Waals surface area contributed by atoms with Crippen LogP contribution >= 0.6 is 0 Å². The van der Waals surface area contributed by atoms with Gasteiger partial charge in [-0.2, -0.15) is 0 Å². The number of carbonyl (C=O) groups excluding carboxylic acids is 2. The second-order valence-electron chi connectivity index (χ2n) is 5.89. The quantitative estimate of drug-likeness (QED) is 0.634. The maximum atomic E-state index is 12.6. The van der Waals surface area contributed by atoms with E-state index in [1.54, 1.807) is 55.7 Å². The van der Waals surface area contributed by atoms with Gasteiger partial charge in [0.2, 0.25) is 0 Å². The second kappa shape index (κ2) is 10.8. The maximum Gasteiger partial charge on any atom is 0.267 e. The molecule has 0 aliphatic carbocycles. The van der Waals surface area contributed by atoms with Gasteiger partial charge in [-0.25, -0.2) is 0 Å². The molecule has 0 radical (unpaired) electrons. The summed E-state index contributed by atoms with van der Waals surface area (Å²) >= 11 is 0. The van der Waals surface area contributed by atoms with Gasteiger partial charge in [0, 0.05) is 12.6 Å². The summed E-state index contributed by atoms with van der Waals surface area (Å²) in [6, 6.07) is 11.9. The summed E-state index contributed by atoms with van der Waals surface area (Å²) in [6.45, 7) is 4.76. The lowest BCUT2D eigenvalue weighted by Gasteiger charge is -2.13. The molecular formula is C22H26N2O5. The molecule has 2 amide bonds. The Morgan fingerprint density at radius 1 is 0.966 bits per heavy atom. The lowest BCUT2D eigenvalue weighted by molar-refractivity contribution is -0.117. The van der Waals surface area contributed by atoms with Gasteiger partial charge in [0.05, 0.1) is 20.3 Å². The van der Waals surface area contributed by atoms with Gasteiger partial charge in [-0.1, -0.05) is 6.07 Å². The van der Waals surface area contributed by atoms with Crippen molar-refractivity contribution in [1.29, 1.82) is 0 Å². The monoisotopic (exact) mass is 398 g/mol. The molecule has 7 nitrogen and oxygen atoms in total. The van der Waals surface area contributed by atoms with Gasteiger partial charge in [0.1, 0.15) is 11.4 Å². The molecule has 2 N–H and O–H groups in total. The fourth-order valence-corrected chi connectivity index (χ4v) is 2.55. The Labute approximate surface area is 170 Å². The molecule has 0 unspecified atom stereocenters. The summed E-state index contributed by atoms with van der Waals surface area (Å²) in [7, 11) is 3.05. The molecule has 0 heterocycles. The number of carbonyl (C=O) groups is 2. The first-order valence-electron chi connectivity index (χ1n) is 9.31. The largest absolute Gasteiger partial charge is 0.497 e. The van der Waals surface area contributed by atoms with Crippen LogP contribution in [-0.2, 0) is 4.79 Å². The third-order valence-corrected chi connectivity index (χ3v) is 3.95. The number of rotatable bonds is 9. The van der Waals surface area contributed by atoms with Crippen LogP contribution in [0.1, 0.15) is 29.8 Å². The molecule has 2 aromatic carbocycles. The Morgan fingerprint density at radius 2 is 1.62 bits per heavy atom. The molecule has 0 bridgehead atoms. The zero-order chi connectivity index (χ0) is 21.2. The van der Waals surface area contributed by atoms with Crippen LogP contribution in [0.25, 0.3) is 6.08 Å². The van der Waals surface area contributed by atoms with Gasteiger partial charge < -0.3 is 24.8 Å². The number of benzene rings is 2.